The lowest BCUT2D eigenvalue weighted by atomic mass is 10.1. The van der Waals surface area contributed by atoms with Crippen LogP contribution in [0.4, 0.5) is 5.69 Å². The molecule has 34 heavy (non-hydrogen) atoms. The first-order valence-electron chi connectivity index (χ1n) is 10.2. The molecule has 0 bridgehead atoms. The summed E-state index contributed by atoms with van der Waals surface area (Å²) in [4.78, 5) is 37.8. The molecule has 0 aromatic heterocycles. The number of aromatic hydroxyl groups is 1. The van der Waals surface area contributed by atoms with E-state index in [1.807, 2.05) is 0 Å². The zero-order chi connectivity index (χ0) is 24.5. The van der Waals surface area contributed by atoms with Crippen LogP contribution in [0.1, 0.15) is 36.6 Å². The van der Waals surface area contributed by atoms with Gasteiger partial charge in [-0.25, -0.2) is 13.2 Å². The number of benzene rings is 3. The van der Waals surface area contributed by atoms with Gasteiger partial charge in [0.2, 0.25) is 0 Å². The number of hydrogen-bond acceptors (Lipinski definition) is 7. The Morgan fingerprint density at radius 1 is 0.941 bits per heavy atom. The van der Waals surface area contributed by atoms with Crippen LogP contribution in [-0.2, 0) is 21.2 Å². The highest BCUT2D eigenvalue weighted by atomic mass is 32.2. The molecule has 4 rings (SSSR count). The van der Waals surface area contributed by atoms with Crippen molar-refractivity contribution in [1.82, 2.24) is 4.90 Å². The quantitative estimate of drug-likeness (QED) is 0.302. The zero-order valence-electron chi connectivity index (χ0n) is 18.0. The van der Waals surface area contributed by atoms with Gasteiger partial charge in [-0.3, -0.25) is 19.2 Å². The number of methoxy groups -OCH3 is 1. The molecule has 1 aliphatic rings. The number of sulfonamides is 1. The van der Waals surface area contributed by atoms with Crippen LogP contribution in [0.3, 0.4) is 0 Å². The highest BCUT2D eigenvalue weighted by Gasteiger charge is 2.34. The maximum absolute atomic E-state index is 12.8. The minimum absolute atomic E-state index is 0.0696. The average molecular weight is 480 g/mol. The molecule has 0 spiro atoms. The molecular weight excluding hydrogens is 460 g/mol. The van der Waals surface area contributed by atoms with Crippen LogP contribution in [-0.4, -0.2) is 49.9 Å². The van der Waals surface area contributed by atoms with Crippen LogP contribution in [0.15, 0.2) is 71.6 Å². The van der Waals surface area contributed by atoms with Crippen molar-refractivity contribution in [2.45, 2.75) is 11.3 Å². The number of anilines is 1. The number of fused-ring (bicyclic) bond motifs is 1. The number of imide groups is 1. The first kappa shape index (κ1) is 23.0. The normalized spacial score (nSPS) is 13.0. The summed E-state index contributed by atoms with van der Waals surface area (Å²) < 4.78 is 32.3. The zero-order valence-corrected chi connectivity index (χ0v) is 18.8. The summed E-state index contributed by atoms with van der Waals surface area (Å²) in [6, 6.07) is 16.6. The van der Waals surface area contributed by atoms with Crippen molar-refractivity contribution in [3.05, 3.63) is 89.0 Å². The summed E-state index contributed by atoms with van der Waals surface area (Å²) in [6.07, 6.45) is 0.348. The van der Waals surface area contributed by atoms with Crippen molar-refractivity contribution >= 4 is 33.5 Å². The van der Waals surface area contributed by atoms with Crippen LogP contribution in [0, 0.1) is 0 Å². The number of phenolic OH excluding ortho intramolecular Hbond substituents is 1. The van der Waals surface area contributed by atoms with Gasteiger partial charge < -0.3 is 9.84 Å². The number of para-hydroxylation sites is 1. The standard InChI is InChI=1S/C24H20N2O7S/c1-33-24(30)19-7-4-8-20(21(19)27)25-34(31,32)16-11-9-15(10-12-16)13-14-26-22(28)17-5-2-3-6-18(17)23(26)29/h2-12,25,27H,13-14H2,1H3. The Kier molecular flexibility index (Phi) is 6.08. The second-order valence-corrected chi connectivity index (χ2v) is 9.18. The van der Waals surface area contributed by atoms with Crippen LogP contribution in [0.25, 0.3) is 0 Å². The van der Waals surface area contributed by atoms with Gasteiger partial charge in [-0.05, 0) is 48.4 Å². The maximum Gasteiger partial charge on any atom is 0.341 e. The second-order valence-electron chi connectivity index (χ2n) is 7.50. The Morgan fingerprint density at radius 3 is 2.15 bits per heavy atom. The highest BCUT2D eigenvalue weighted by Crippen LogP contribution is 2.30. The number of ether oxygens (including phenoxy) is 1. The number of hydrogen-bond donors (Lipinski definition) is 2. The van der Waals surface area contributed by atoms with Crippen LogP contribution >= 0.6 is 0 Å². The molecule has 2 N–H and O–H groups in total. The molecule has 174 valence electrons. The lowest BCUT2D eigenvalue weighted by Crippen LogP contribution is -2.31. The Balaban J connectivity index is 1.45. The topological polar surface area (TPSA) is 130 Å². The van der Waals surface area contributed by atoms with Gasteiger partial charge in [0.15, 0.2) is 5.75 Å². The number of amides is 2. The van der Waals surface area contributed by atoms with Gasteiger partial charge in [0.05, 0.1) is 28.8 Å². The summed E-state index contributed by atoms with van der Waals surface area (Å²) in [5, 5.41) is 10.2. The van der Waals surface area contributed by atoms with E-state index in [1.54, 1.807) is 36.4 Å². The van der Waals surface area contributed by atoms with Gasteiger partial charge in [-0.1, -0.05) is 30.3 Å². The number of carbonyl (C=O) groups is 3. The molecular formula is C24H20N2O7S. The van der Waals surface area contributed by atoms with E-state index in [1.165, 1.54) is 35.2 Å². The summed E-state index contributed by atoms with van der Waals surface area (Å²) in [5.74, 6) is -2.05. The molecule has 0 unspecified atom stereocenters. The summed E-state index contributed by atoms with van der Waals surface area (Å²) in [6.45, 7) is 0.158. The van der Waals surface area contributed by atoms with Gasteiger partial charge in [0, 0.05) is 6.54 Å². The molecule has 1 aliphatic heterocycles. The highest BCUT2D eigenvalue weighted by molar-refractivity contribution is 7.92. The van der Waals surface area contributed by atoms with Crippen molar-refractivity contribution in [2.75, 3.05) is 18.4 Å². The van der Waals surface area contributed by atoms with Crippen LogP contribution in [0.5, 0.6) is 5.75 Å². The van der Waals surface area contributed by atoms with E-state index in [0.29, 0.717) is 17.5 Å². The third-order valence-electron chi connectivity index (χ3n) is 5.42. The molecule has 0 atom stereocenters. The molecule has 3 aromatic rings. The smallest absolute Gasteiger partial charge is 0.341 e. The summed E-state index contributed by atoms with van der Waals surface area (Å²) in [5.41, 5.74) is 1.13. The molecule has 0 radical (unpaired) electrons. The molecule has 0 aliphatic carbocycles. The first-order valence-corrected chi connectivity index (χ1v) is 11.7. The Labute approximate surface area is 195 Å². The third kappa shape index (κ3) is 4.23. The van der Waals surface area contributed by atoms with Crippen molar-refractivity contribution in [2.24, 2.45) is 0 Å². The molecule has 10 heteroatoms. The van der Waals surface area contributed by atoms with Gasteiger partial charge in [-0.15, -0.1) is 0 Å². The fraction of sp³-hybridized carbons (Fsp3) is 0.125. The van der Waals surface area contributed by atoms with Crippen molar-refractivity contribution in [3.63, 3.8) is 0 Å². The molecule has 0 saturated carbocycles. The van der Waals surface area contributed by atoms with E-state index in [0.717, 1.165) is 12.7 Å². The number of carbonyl (C=O) groups excluding carboxylic acids is 3. The Morgan fingerprint density at radius 2 is 1.56 bits per heavy atom. The number of nitrogens with zero attached hydrogens (tertiary/aromatic N) is 1. The molecule has 0 saturated heterocycles. The first-order chi connectivity index (χ1) is 16.2. The van der Waals surface area contributed by atoms with Crippen LogP contribution in [0.2, 0.25) is 0 Å². The Hall–Kier alpha value is -4.18. The van der Waals surface area contributed by atoms with Crippen molar-refractivity contribution < 1.29 is 32.6 Å². The lowest BCUT2D eigenvalue weighted by Gasteiger charge is -2.14. The predicted octanol–water partition coefficient (Wildman–Crippen LogP) is 2.82. The van der Waals surface area contributed by atoms with E-state index in [-0.39, 0.29) is 34.5 Å². The lowest BCUT2D eigenvalue weighted by molar-refractivity contribution is 0.0595. The van der Waals surface area contributed by atoms with E-state index in [9.17, 15) is 27.9 Å². The fourth-order valence-corrected chi connectivity index (χ4v) is 4.69. The van der Waals surface area contributed by atoms with Gasteiger partial charge in [0.1, 0.15) is 5.56 Å². The van der Waals surface area contributed by atoms with Crippen molar-refractivity contribution in [3.8, 4) is 5.75 Å². The number of esters is 1. The largest absolute Gasteiger partial charge is 0.505 e. The van der Waals surface area contributed by atoms with Gasteiger partial charge >= 0.3 is 5.97 Å². The second kappa shape index (κ2) is 8.99. The average Bonchev–Trinajstić information content (AvgIpc) is 3.08. The third-order valence-corrected chi connectivity index (χ3v) is 6.80. The minimum Gasteiger partial charge on any atom is -0.505 e. The van der Waals surface area contributed by atoms with Gasteiger partial charge in [0.25, 0.3) is 21.8 Å². The number of rotatable bonds is 7. The predicted molar refractivity (Wildman–Crippen MR) is 122 cm³/mol. The maximum atomic E-state index is 12.8. The van der Waals surface area contributed by atoms with E-state index in [2.05, 4.69) is 9.46 Å². The van der Waals surface area contributed by atoms with Gasteiger partial charge in [-0.2, -0.15) is 0 Å². The number of phenols is 1. The minimum atomic E-state index is -4.07. The molecule has 0 fully saturated rings. The summed E-state index contributed by atoms with van der Waals surface area (Å²) >= 11 is 0. The van der Waals surface area contributed by atoms with Crippen LogP contribution < -0.4 is 4.72 Å². The monoisotopic (exact) mass is 480 g/mol. The molecule has 3 aromatic carbocycles. The van der Waals surface area contributed by atoms with E-state index >= 15 is 0 Å². The van der Waals surface area contributed by atoms with E-state index < -0.39 is 21.7 Å². The number of nitrogens with one attached hydrogen (secondary N) is 1. The molecule has 2 amide bonds. The summed E-state index contributed by atoms with van der Waals surface area (Å²) in [7, 11) is -2.92. The van der Waals surface area contributed by atoms with Crippen molar-refractivity contribution in [1.29, 1.82) is 0 Å². The Bertz CT molecular complexity index is 1360. The molecule has 9 nitrogen and oxygen atoms in total. The molecule has 1 heterocycles. The van der Waals surface area contributed by atoms with E-state index in [4.69, 9.17) is 0 Å². The SMILES string of the molecule is COC(=O)c1cccc(NS(=O)(=O)c2ccc(CCN3C(=O)c4ccccc4C3=O)cc2)c1O. The fourth-order valence-electron chi connectivity index (χ4n) is 3.62.